The fourth-order valence-corrected chi connectivity index (χ4v) is 3.54. The third-order valence-electron chi connectivity index (χ3n) is 4.99. The molecule has 0 aliphatic heterocycles. The molecule has 0 bridgehead atoms. The molecule has 0 radical (unpaired) electrons. The van der Waals surface area contributed by atoms with Crippen molar-refractivity contribution in [3.8, 4) is 5.75 Å². The summed E-state index contributed by atoms with van der Waals surface area (Å²) in [4.78, 5) is 4.33. The molecule has 1 fully saturated rings. The Kier molecular flexibility index (Phi) is 3.51. The van der Waals surface area contributed by atoms with E-state index >= 15 is 0 Å². The van der Waals surface area contributed by atoms with Crippen LogP contribution in [0.4, 0.5) is 10.3 Å². The second-order valence-corrected chi connectivity index (χ2v) is 6.15. The Labute approximate surface area is 124 Å². The quantitative estimate of drug-likeness (QED) is 0.916. The SMILES string of the molecule is COc1cc2c(cc1F)nc(N)n2C1CCCC(C)C1C. The Bertz CT molecular complexity index is 667. The smallest absolute Gasteiger partial charge is 0.201 e. The number of nitrogens with two attached hydrogens (primary N) is 1. The fourth-order valence-electron chi connectivity index (χ4n) is 3.54. The molecule has 1 aliphatic rings. The summed E-state index contributed by atoms with van der Waals surface area (Å²) >= 11 is 0. The van der Waals surface area contributed by atoms with E-state index in [1.807, 2.05) is 0 Å². The van der Waals surface area contributed by atoms with Crippen molar-refractivity contribution in [1.82, 2.24) is 9.55 Å². The molecule has 114 valence electrons. The van der Waals surface area contributed by atoms with Crippen molar-refractivity contribution in [2.75, 3.05) is 12.8 Å². The number of imidazole rings is 1. The van der Waals surface area contributed by atoms with Gasteiger partial charge in [-0.25, -0.2) is 9.37 Å². The monoisotopic (exact) mass is 291 g/mol. The van der Waals surface area contributed by atoms with Gasteiger partial charge in [-0.3, -0.25) is 0 Å². The first kappa shape index (κ1) is 14.2. The van der Waals surface area contributed by atoms with Crippen LogP contribution >= 0.6 is 0 Å². The van der Waals surface area contributed by atoms with E-state index in [2.05, 4.69) is 23.4 Å². The van der Waals surface area contributed by atoms with E-state index in [0.29, 0.717) is 29.3 Å². The summed E-state index contributed by atoms with van der Waals surface area (Å²) in [6.07, 6.45) is 3.52. The van der Waals surface area contributed by atoms with Gasteiger partial charge in [0.2, 0.25) is 5.95 Å². The Hall–Kier alpha value is -1.78. The first-order valence-corrected chi connectivity index (χ1v) is 7.54. The molecule has 3 rings (SSSR count). The van der Waals surface area contributed by atoms with Gasteiger partial charge in [0.1, 0.15) is 0 Å². The minimum absolute atomic E-state index is 0.236. The number of anilines is 1. The van der Waals surface area contributed by atoms with E-state index in [1.54, 1.807) is 6.07 Å². The molecule has 1 saturated carbocycles. The van der Waals surface area contributed by atoms with E-state index in [0.717, 1.165) is 11.9 Å². The molecule has 0 saturated heterocycles. The van der Waals surface area contributed by atoms with Crippen LogP contribution in [0.3, 0.4) is 0 Å². The Balaban J connectivity index is 2.15. The van der Waals surface area contributed by atoms with E-state index < -0.39 is 5.82 Å². The third kappa shape index (κ3) is 2.24. The van der Waals surface area contributed by atoms with Gasteiger partial charge in [0, 0.05) is 18.2 Å². The number of nitrogens with zero attached hydrogens (tertiary/aromatic N) is 2. The van der Waals surface area contributed by atoms with Crippen molar-refractivity contribution in [3.63, 3.8) is 0 Å². The van der Waals surface area contributed by atoms with Crippen molar-refractivity contribution in [2.45, 2.75) is 39.2 Å². The molecule has 3 atom stereocenters. The Morgan fingerprint density at radius 1 is 1.33 bits per heavy atom. The Morgan fingerprint density at radius 2 is 2.10 bits per heavy atom. The zero-order valence-electron chi connectivity index (χ0n) is 12.8. The first-order valence-electron chi connectivity index (χ1n) is 7.54. The van der Waals surface area contributed by atoms with Crippen LogP contribution in [-0.4, -0.2) is 16.7 Å². The number of aromatic nitrogens is 2. The molecule has 0 spiro atoms. The average molecular weight is 291 g/mol. The van der Waals surface area contributed by atoms with Crippen molar-refractivity contribution >= 4 is 17.0 Å². The number of benzene rings is 1. The summed E-state index contributed by atoms with van der Waals surface area (Å²) in [5.74, 6) is 1.47. The molecule has 2 N–H and O–H groups in total. The number of methoxy groups -OCH3 is 1. The van der Waals surface area contributed by atoms with Crippen LogP contribution in [0.5, 0.6) is 5.75 Å². The number of hydrogen-bond acceptors (Lipinski definition) is 3. The molecule has 4 nitrogen and oxygen atoms in total. The lowest BCUT2D eigenvalue weighted by Crippen LogP contribution is -2.27. The van der Waals surface area contributed by atoms with Crippen LogP contribution in [0.2, 0.25) is 0 Å². The number of fused-ring (bicyclic) bond motifs is 1. The van der Waals surface area contributed by atoms with Gasteiger partial charge in [-0.15, -0.1) is 0 Å². The van der Waals surface area contributed by atoms with Gasteiger partial charge in [-0.2, -0.15) is 0 Å². The van der Waals surface area contributed by atoms with Crippen LogP contribution < -0.4 is 10.5 Å². The first-order chi connectivity index (χ1) is 10.0. The summed E-state index contributed by atoms with van der Waals surface area (Å²) in [5.41, 5.74) is 7.57. The van der Waals surface area contributed by atoms with Gasteiger partial charge in [0.05, 0.1) is 18.1 Å². The van der Waals surface area contributed by atoms with Gasteiger partial charge < -0.3 is 15.0 Å². The lowest BCUT2D eigenvalue weighted by atomic mass is 9.78. The number of nitrogen functional groups attached to an aromatic ring is 1. The van der Waals surface area contributed by atoms with Crippen LogP contribution in [0.1, 0.15) is 39.2 Å². The second-order valence-electron chi connectivity index (χ2n) is 6.15. The normalized spacial score (nSPS) is 26.2. The lowest BCUT2D eigenvalue weighted by Gasteiger charge is -2.35. The molecule has 3 unspecified atom stereocenters. The maximum Gasteiger partial charge on any atom is 0.201 e. The topological polar surface area (TPSA) is 53.1 Å². The molecular weight excluding hydrogens is 269 g/mol. The highest BCUT2D eigenvalue weighted by atomic mass is 19.1. The minimum Gasteiger partial charge on any atom is -0.494 e. The van der Waals surface area contributed by atoms with Gasteiger partial charge in [0.15, 0.2) is 11.6 Å². The molecule has 1 aromatic heterocycles. The van der Waals surface area contributed by atoms with Gasteiger partial charge in [-0.05, 0) is 18.3 Å². The number of hydrogen-bond donors (Lipinski definition) is 1. The van der Waals surface area contributed by atoms with E-state index in [-0.39, 0.29) is 5.75 Å². The molecule has 1 aromatic carbocycles. The van der Waals surface area contributed by atoms with Crippen LogP contribution in [0.25, 0.3) is 11.0 Å². The Morgan fingerprint density at radius 3 is 2.81 bits per heavy atom. The highest BCUT2D eigenvalue weighted by Crippen LogP contribution is 2.41. The molecular formula is C16H22FN3O. The molecule has 2 aromatic rings. The maximum absolute atomic E-state index is 13.8. The number of halogens is 1. The largest absolute Gasteiger partial charge is 0.494 e. The van der Waals surface area contributed by atoms with Crippen molar-refractivity contribution in [1.29, 1.82) is 0 Å². The van der Waals surface area contributed by atoms with Crippen molar-refractivity contribution in [2.24, 2.45) is 11.8 Å². The highest BCUT2D eigenvalue weighted by molar-refractivity contribution is 5.80. The van der Waals surface area contributed by atoms with Crippen LogP contribution in [-0.2, 0) is 0 Å². The lowest BCUT2D eigenvalue weighted by molar-refractivity contribution is 0.191. The standard InChI is InChI=1S/C16H22FN3O/c1-9-5-4-6-13(10(9)2)20-14-8-15(21-3)11(17)7-12(14)19-16(20)18/h7-10,13H,4-6H2,1-3H3,(H2,18,19). The summed E-state index contributed by atoms with van der Waals surface area (Å²) < 4.78 is 21.0. The maximum atomic E-state index is 13.8. The molecule has 5 heteroatoms. The minimum atomic E-state index is -0.403. The molecule has 0 amide bonds. The van der Waals surface area contributed by atoms with E-state index in [4.69, 9.17) is 10.5 Å². The third-order valence-corrected chi connectivity index (χ3v) is 4.99. The van der Waals surface area contributed by atoms with Crippen LogP contribution in [0, 0.1) is 17.7 Å². The predicted molar refractivity (Wildman–Crippen MR) is 81.9 cm³/mol. The van der Waals surface area contributed by atoms with E-state index in [9.17, 15) is 4.39 Å². The number of ether oxygens (including phenoxy) is 1. The summed E-state index contributed by atoms with van der Waals surface area (Å²) in [6.45, 7) is 4.55. The highest BCUT2D eigenvalue weighted by Gasteiger charge is 2.30. The zero-order chi connectivity index (χ0) is 15.1. The fraction of sp³-hybridized carbons (Fsp3) is 0.562. The molecule has 1 heterocycles. The van der Waals surface area contributed by atoms with Crippen LogP contribution in [0.15, 0.2) is 12.1 Å². The van der Waals surface area contributed by atoms with Gasteiger partial charge >= 0.3 is 0 Å². The van der Waals surface area contributed by atoms with Crippen molar-refractivity contribution in [3.05, 3.63) is 17.9 Å². The summed E-state index contributed by atoms with van der Waals surface area (Å²) in [5, 5.41) is 0. The van der Waals surface area contributed by atoms with Crippen molar-refractivity contribution < 1.29 is 9.13 Å². The van der Waals surface area contributed by atoms with Gasteiger partial charge in [-0.1, -0.05) is 26.7 Å². The number of rotatable bonds is 2. The molecule has 21 heavy (non-hydrogen) atoms. The summed E-state index contributed by atoms with van der Waals surface area (Å²) in [7, 11) is 1.47. The summed E-state index contributed by atoms with van der Waals surface area (Å²) in [6, 6.07) is 3.42. The molecule has 1 aliphatic carbocycles. The second kappa shape index (κ2) is 5.20. The average Bonchev–Trinajstić information content (AvgIpc) is 2.76. The predicted octanol–water partition coefficient (Wildman–Crippen LogP) is 3.76. The van der Waals surface area contributed by atoms with Gasteiger partial charge in [0.25, 0.3) is 0 Å². The zero-order valence-corrected chi connectivity index (χ0v) is 12.8. The van der Waals surface area contributed by atoms with E-state index in [1.165, 1.54) is 26.0 Å².